The molecule has 5 aliphatic rings. The number of amides is 3. The van der Waals surface area contributed by atoms with Crippen molar-refractivity contribution < 1.29 is 67.5 Å². The standard InChI is InChI=1S/2C16H24N2O.C14H21NO2S.C14H19NO.C12H17NO2S.2C12H19NO2S.C10H13F5S/c1-16(2,3)14-7-5-13(6-8-14)15(19)18-11-9-17(4)10-12-18;1-13(19)17-9-11-18(12-10-17)15-7-5-14(6-8-15)16(2,3)4;1-14(2,3)12-4-6-13(7-5-12)15-8-10-18(16,17)11-9-15;1-14(2,3)11-8-7-10-5-4-6-13(16)15-12(10)9-11;1-12(2,3)10-5-4-6-11(9-10)16(14,15)13-7-8-13;1-12(2,3)10-6-8-11(9-7-10)16(14,15)13(4)5;1-12(2,3)10-7-6-8-11(9-10)16(14,15)13(4)5;1-10(2,3)8-4-6-9(7-5-8)16(11,12,13,14)15/h2*5-8H,9-12H2,1-4H3;4-7H,8-11H2,1-3H3;7-9H,4-6H2,1-3H3,(H,15,16);4-6,9H,7-8H2,1-3H3;2*6-9H,1-5H3;4-7H,1-3H3. The third-order valence-electron chi connectivity index (χ3n) is 24.0. The SMILES string of the molecule is CC(=O)N1CCN(c2ccc(C(C)(C)C)cc2)CC1.CC(C)(C)c1ccc(N2CCS(=O)(=O)CC2)cc1.CC(C)(C)c1ccc(S(F)(F)(F)(F)F)cc1.CC(C)(C)c1ccc2c(c1)NC(=O)CCC2.CC(C)(C)c1cccc(S(=O)(=O)N2CC2)c1.CN(C)S(=O)(=O)c1ccc(C(C)(C)C)cc1.CN(C)S(=O)(=O)c1cccc(C(C)(C)C)c1.CN1CCN(C(=O)c2ccc(C(C)(C)C)cc2)CC1. The summed E-state index contributed by atoms with van der Waals surface area (Å²) in [7, 11) is -13.9. The maximum absolute atomic E-state index is 12.4. The van der Waals surface area contributed by atoms with Crippen LogP contribution in [0.2, 0.25) is 0 Å². The average Bonchev–Trinajstić information content (AvgIpc) is 1.40. The van der Waals surface area contributed by atoms with Crippen molar-refractivity contribution in [1.82, 2.24) is 27.6 Å². The Kier molecular flexibility index (Phi) is 38.0. The van der Waals surface area contributed by atoms with Gasteiger partial charge in [-0.3, -0.25) is 14.4 Å². The third-order valence-corrected chi connectivity index (χ3v) is 32.3. The fourth-order valence-corrected chi connectivity index (χ4v) is 19.5. The number of carbonyl (C=O) groups is 3. The summed E-state index contributed by atoms with van der Waals surface area (Å²) in [5.41, 5.74) is 14.7. The van der Waals surface area contributed by atoms with E-state index < -0.39 is 55.0 Å². The lowest BCUT2D eigenvalue weighted by Gasteiger charge is -2.40. The Hall–Kier alpha value is -8.59. The molecule has 3 amide bonds. The lowest BCUT2D eigenvalue weighted by atomic mass is 9.86. The zero-order valence-corrected chi connectivity index (χ0v) is 90.5. The van der Waals surface area contributed by atoms with Crippen LogP contribution >= 0.6 is 10.2 Å². The van der Waals surface area contributed by atoms with Gasteiger partial charge in [-0.05, 0) is 204 Å². The third kappa shape index (κ3) is 35.6. The summed E-state index contributed by atoms with van der Waals surface area (Å²) in [5, 5.41) is 3.00. The van der Waals surface area contributed by atoms with Gasteiger partial charge in [-0.2, -0.15) is 4.31 Å². The Morgan fingerprint density at radius 2 is 0.706 bits per heavy atom. The van der Waals surface area contributed by atoms with Crippen LogP contribution in [-0.2, 0) is 99.2 Å². The molecule has 0 spiro atoms. The number of halogens is 5. The Morgan fingerprint density at radius 3 is 1.07 bits per heavy atom. The van der Waals surface area contributed by atoms with Crippen LogP contribution in [0.4, 0.5) is 36.5 Å². The van der Waals surface area contributed by atoms with E-state index in [-0.39, 0.29) is 72.5 Å². The second-order valence-electron chi connectivity index (χ2n) is 44.2. The lowest BCUT2D eigenvalue weighted by Crippen LogP contribution is -2.48. The van der Waals surface area contributed by atoms with Gasteiger partial charge in [0.2, 0.25) is 41.9 Å². The van der Waals surface area contributed by atoms with Gasteiger partial charge in [0.1, 0.15) is 4.90 Å². The highest BCUT2D eigenvalue weighted by Gasteiger charge is 2.65. The van der Waals surface area contributed by atoms with Gasteiger partial charge in [-0.25, -0.2) is 42.3 Å². The molecule has 0 unspecified atom stereocenters. The number of nitrogens with one attached hydrogen (secondary N) is 1. The molecule has 8 aromatic carbocycles. The topological polar surface area (TPSA) is 225 Å². The summed E-state index contributed by atoms with van der Waals surface area (Å²) >= 11 is 0. The summed E-state index contributed by atoms with van der Waals surface area (Å²) in [6.07, 6.45) is 2.59. The molecule has 0 aliphatic carbocycles. The Morgan fingerprint density at radius 1 is 0.375 bits per heavy atom. The molecule has 20 nitrogen and oxygen atoms in total. The number of benzene rings is 8. The van der Waals surface area contributed by atoms with E-state index in [4.69, 9.17) is 0 Å². The van der Waals surface area contributed by atoms with Gasteiger partial charge in [-0.1, -0.05) is 283 Å². The Bertz CT molecular complexity index is 5700. The normalized spacial score (nSPS) is 16.6. The highest BCUT2D eigenvalue weighted by molar-refractivity contribution is 8.45. The molecule has 0 atom stereocenters. The van der Waals surface area contributed by atoms with E-state index in [2.05, 4.69) is 251 Å². The van der Waals surface area contributed by atoms with Crippen molar-refractivity contribution in [1.29, 1.82) is 0 Å². The van der Waals surface area contributed by atoms with E-state index in [1.54, 1.807) is 84.3 Å². The van der Waals surface area contributed by atoms with Crippen LogP contribution in [0.25, 0.3) is 0 Å². The second kappa shape index (κ2) is 44.5. The molecule has 0 aromatic heterocycles. The summed E-state index contributed by atoms with van der Waals surface area (Å²) in [6, 6.07) is 56.3. The quantitative estimate of drug-likeness (QED) is 0.0993. The van der Waals surface area contributed by atoms with E-state index in [9.17, 15) is 67.5 Å². The molecule has 5 aliphatic heterocycles. The minimum Gasteiger partial charge on any atom is -0.369 e. The van der Waals surface area contributed by atoms with Crippen molar-refractivity contribution in [3.8, 4) is 0 Å². The molecule has 0 saturated carbocycles. The minimum absolute atomic E-state index is 0.0234. The molecule has 4 fully saturated rings. The molecule has 30 heteroatoms. The van der Waals surface area contributed by atoms with Crippen LogP contribution in [0.15, 0.2) is 208 Å². The van der Waals surface area contributed by atoms with Crippen molar-refractivity contribution in [3.63, 3.8) is 0 Å². The van der Waals surface area contributed by atoms with E-state index >= 15 is 0 Å². The number of carbonyl (C=O) groups excluding carboxylic acids is 3. The van der Waals surface area contributed by atoms with Crippen LogP contribution in [0, 0.1) is 0 Å². The summed E-state index contributed by atoms with van der Waals surface area (Å²) in [6.45, 7) is 61.8. The predicted molar refractivity (Wildman–Crippen MR) is 553 cm³/mol. The first-order valence-electron chi connectivity index (χ1n) is 46.5. The van der Waals surface area contributed by atoms with Gasteiger partial charge in [0.15, 0.2) is 9.84 Å². The highest BCUT2D eigenvalue weighted by Crippen LogP contribution is 3.02. The molecule has 8 aromatic rings. The van der Waals surface area contributed by atoms with Gasteiger partial charge < -0.3 is 29.8 Å². The van der Waals surface area contributed by atoms with Crippen LogP contribution in [0.5, 0.6) is 0 Å². The monoisotopic (exact) mass is 1990 g/mol. The number of sulfonamides is 3. The van der Waals surface area contributed by atoms with E-state index in [1.807, 2.05) is 52.3 Å². The molecule has 1 N–H and O–H groups in total. The van der Waals surface area contributed by atoms with Crippen molar-refractivity contribution in [3.05, 3.63) is 244 Å². The van der Waals surface area contributed by atoms with Gasteiger partial charge in [0, 0.05) is 143 Å². The fraction of sp³-hybridized carbons (Fsp3) is 0.519. The molecule has 0 radical (unpaired) electrons. The first-order chi connectivity index (χ1) is 61.8. The van der Waals surface area contributed by atoms with Crippen molar-refractivity contribution in [2.24, 2.45) is 0 Å². The van der Waals surface area contributed by atoms with Gasteiger partial charge in [0.05, 0.1) is 26.2 Å². The van der Waals surface area contributed by atoms with Gasteiger partial charge in [0.25, 0.3) is 5.91 Å². The molecule has 13 rings (SSSR count). The van der Waals surface area contributed by atoms with E-state index in [0.717, 1.165) is 111 Å². The van der Waals surface area contributed by atoms with Gasteiger partial charge >= 0.3 is 10.2 Å². The zero-order chi connectivity index (χ0) is 103. The number of hydrogen-bond acceptors (Lipinski definition) is 14. The first kappa shape index (κ1) is 116. The van der Waals surface area contributed by atoms with Crippen molar-refractivity contribution in [2.75, 3.05) is 140 Å². The van der Waals surface area contributed by atoms with Crippen LogP contribution in [0.1, 0.15) is 246 Å². The maximum Gasteiger partial charge on any atom is 0.310 e. The summed E-state index contributed by atoms with van der Waals surface area (Å²) < 4.78 is 160. The van der Waals surface area contributed by atoms with E-state index in [0.29, 0.717) is 65.0 Å². The number of hydrogen-bond donors (Lipinski definition) is 1. The number of fused-ring (bicyclic) bond motifs is 1. The Labute approximate surface area is 813 Å². The largest absolute Gasteiger partial charge is 0.369 e. The molecular weight excluding hydrogens is 1830 g/mol. The van der Waals surface area contributed by atoms with Crippen LogP contribution in [-0.4, -0.2) is 204 Å². The maximum atomic E-state index is 12.4. The van der Waals surface area contributed by atoms with Crippen molar-refractivity contribution >= 4 is 84.9 Å². The molecule has 756 valence electrons. The number of piperazine rings is 2. The van der Waals surface area contributed by atoms with Crippen molar-refractivity contribution in [2.45, 2.75) is 255 Å². The lowest BCUT2D eigenvalue weighted by molar-refractivity contribution is -0.129. The smallest absolute Gasteiger partial charge is 0.310 e. The number of likely N-dealkylation sites (N-methyl/N-ethyl adjacent to an activating group) is 1. The number of aryl methyl sites for hydroxylation is 1. The first-order valence-corrected chi connectivity index (χ1v) is 54.6. The molecule has 5 heterocycles. The minimum atomic E-state index is -9.52. The fourth-order valence-electron chi connectivity index (χ4n) is 14.4. The molecule has 0 bridgehead atoms. The number of anilines is 3. The average molecular weight is 1990 g/mol. The van der Waals surface area contributed by atoms with Crippen LogP contribution < -0.4 is 15.1 Å². The number of rotatable bonds is 10. The molecule has 4 saturated heterocycles. The van der Waals surface area contributed by atoms with Gasteiger partial charge in [-0.15, -0.1) is 0 Å². The number of nitrogens with zero attached hydrogens (tertiary/aromatic N) is 8. The second-order valence-corrected chi connectivity index (χ2v) is 55.2. The zero-order valence-electron chi connectivity index (χ0n) is 86.4. The highest BCUT2D eigenvalue weighted by atomic mass is 32.5. The molecular formula is C106H156F5N9O11S5. The van der Waals surface area contributed by atoms with E-state index in [1.165, 1.54) is 60.5 Å². The Balaban J connectivity index is 0.000000239. The van der Waals surface area contributed by atoms with Crippen LogP contribution in [0.3, 0.4) is 0 Å². The summed E-state index contributed by atoms with van der Waals surface area (Å²) in [5.74, 6) is 1.03. The summed E-state index contributed by atoms with van der Waals surface area (Å²) in [4.78, 5) is 45.1. The molecule has 136 heavy (non-hydrogen) atoms. The predicted octanol–water partition coefficient (Wildman–Crippen LogP) is 22.6. The number of sulfone groups is 1.